The lowest BCUT2D eigenvalue weighted by molar-refractivity contribution is 0.0942. The number of furan rings is 1. The van der Waals surface area contributed by atoms with Crippen LogP contribution in [0.5, 0.6) is 0 Å². The Kier molecular flexibility index (Phi) is 2.14. The normalized spacial score (nSPS) is 15.6. The van der Waals surface area contributed by atoms with Crippen LogP contribution < -0.4 is 0 Å². The first-order chi connectivity index (χ1) is 7.66. The van der Waals surface area contributed by atoms with Gasteiger partial charge in [0.15, 0.2) is 11.3 Å². The van der Waals surface area contributed by atoms with Crippen LogP contribution in [0.25, 0.3) is 11.0 Å². The molecule has 4 heteroatoms. The van der Waals surface area contributed by atoms with Crippen molar-refractivity contribution in [1.82, 2.24) is 0 Å². The molecule has 2 nitrogen and oxygen atoms in total. The summed E-state index contributed by atoms with van der Waals surface area (Å²) >= 11 is 3.27. The lowest BCUT2D eigenvalue weighted by Gasteiger charge is -1.93. The Labute approximate surface area is 99.6 Å². The summed E-state index contributed by atoms with van der Waals surface area (Å²) in [5.74, 6) is -0.0232. The Bertz CT molecular complexity index is 545. The van der Waals surface area contributed by atoms with Crippen molar-refractivity contribution in [3.8, 4) is 0 Å². The first-order valence-corrected chi connectivity index (χ1v) is 5.88. The van der Waals surface area contributed by atoms with Gasteiger partial charge in [0.05, 0.1) is 9.86 Å². The van der Waals surface area contributed by atoms with Crippen LogP contribution in [0.4, 0.5) is 4.39 Å². The van der Waals surface area contributed by atoms with Gasteiger partial charge in [0.25, 0.3) is 0 Å². The third-order valence-corrected chi connectivity index (χ3v) is 3.40. The molecule has 3 rings (SSSR count). The van der Waals surface area contributed by atoms with Crippen molar-refractivity contribution in [2.45, 2.75) is 12.8 Å². The zero-order valence-electron chi connectivity index (χ0n) is 8.30. The number of ketones is 1. The molecule has 1 heterocycles. The minimum atomic E-state index is -0.364. The van der Waals surface area contributed by atoms with Gasteiger partial charge >= 0.3 is 0 Å². The van der Waals surface area contributed by atoms with E-state index in [9.17, 15) is 9.18 Å². The van der Waals surface area contributed by atoms with Gasteiger partial charge < -0.3 is 4.42 Å². The molecule has 2 aromatic rings. The minimum absolute atomic E-state index is 0.0116. The number of carbonyl (C=O) groups is 1. The van der Waals surface area contributed by atoms with Gasteiger partial charge in [-0.3, -0.25) is 4.79 Å². The number of hydrogen-bond donors (Lipinski definition) is 0. The van der Waals surface area contributed by atoms with Gasteiger partial charge in [-0.15, -0.1) is 0 Å². The van der Waals surface area contributed by atoms with E-state index in [-0.39, 0.29) is 23.3 Å². The highest BCUT2D eigenvalue weighted by atomic mass is 79.9. The van der Waals surface area contributed by atoms with Crippen LogP contribution in [0, 0.1) is 11.7 Å². The Morgan fingerprint density at radius 1 is 1.44 bits per heavy atom. The van der Waals surface area contributed by atoms with Crippen LogP contribution in [-0.4, -0.2) is 5.78 Å². The summed E-state index contributed by atoms with van der Waals surface area (Å²) in [6.45, 7) is 0. The molecule has 1 aliphatic carbocycles. The SMILES string of the molecule is O=C(c1cc2c(F)ccc(Br)c2o1)C1CC1. The van der Waals surface area contributed by atoms with Crippen molar-refractivity contribution < 1.29 is 13.6 Å². The summed E-state index contributed by atoms with van der Waals surface area (Å²) in [5.41, 5.74) is 0.406. The molecule has 1 saturated carbocycles. The predicted molar refractivity (Wildman–Crippen MR) is 60.9 cm³/mol. The Morgan fingerprint density at radius 2 is 2.19 bits per heavy atom. The molecule has 0 N–H and O–H groups in total. The Balaban J connectivity index is 2.18. The Hall–Kier alpha value is -1.16. The first-order valence-electron chi connectivity index (χ1n) is 5.08. The van der Waals surface area contributed by atoms with Gasteiger partial charge in [0.2, 0.25) is 5.78 Å². The van der Waals surface area contributed by atoms with Crippen molar-refractivity contribution in [2.75, 3.05) is 0 Å². The van der Waals surface area contributed by atoms with Gasteiger partial charge in [0, 0.05) is 5.92 Å². The van der Waals surface area contributed by atoms with Crippen LogP contribution in [0.2, 0.25) is 0 Å². The van der Waals surface area contributed by atoms with E-state index in [4.69, 9.17) is 4.42 Å². The summed E-state index contributed by atoms with van der Waals surface area (Å²) in [6.07, 6.45) is 1.83. The summed E-state index contributed by atoms with van der Waals surface area (Å²) in [7, 11) is 0. The van der Waals surface area contributed by atoms with E-state index in [2.05, 4.69) is 15.9 Å². The quantitative estimate of drug-likeness (QED) is 0.782. The summed E-state index contributed by atoms with van der Waals surface area (Å²) in [4.78, 5) is 11.8. The zero-order chi connectivity index (χ0) is 11.3. The van der Waals surface area contributed by atoms with E-state index in [0.717, 1.165) is 12.8 Å². The molecule has 0 saturated heterocycles. The van der Waals surface area contributed by atoms with E-state index in [1.807, 2.05) is 0 Å². The molecular weight excluding hydrogens is 275 g/mol. The molecule has 0 bridgehead atoms. The number of fused-ring (bicyclic) bond motifs is 1. The topological polar surface area (TPSA) is 30.2 Å². The number of rotatable bonds is 2. The van der Waals surface area contributed by atoms with Gasteiger partial charge in [-0.05, 0) is 47.0 Å². The van der Waals surface area contributed by atoms with Crippen LogP contribution in [0.3, 0.4) is 0 Å². The van der Waals surface area contributed by atoms with E-state index >= 15 is 0 Å². The molecule has 1 aliphatic rings. The van der Waals surface area contributed by atoms with E-state index in [1.165, 1.54) is 12.1 Å². The largest absolute Gasteiger partial charge is 0.452 e. The second kappa shape index (κ2) is 3.42. The summed E-state index contributed by atoms with van der Waals surface area (Å²) in [5, 5.41) is 0.360. The molecule has 0 atom stereocenters. The average Bonchev–Trinajstić information content (AvgIpc) is 3.01. The number of hydrogen-bond acceptors (Lipinski definition) is 2. The molecule has 16 heavy (non-hydrogen) atoms. The number of Topliss-reactive ketones (excluding diaryl/α,β-unsaturated/α-hetero) is 1. The highest BCUT2D eigenvalue weighted by Crippen LogP contribution is 2.36. The van der Waals surface area contributed by atoms with E-state index < -0.39 is 0 Å². The predicted octanol–water partition coefficient (Wildman–Crippen LogP) is 3.93. The lowest BCUT2D eigenvalue weighted by atomic mass is 10.2. The summed E-state index contributed by atoms with van der Waals surface area (Å²) < 4.78 is 19.5. The van der Waals surface area contributed by atoms with Crippen LogP contribution in [-0.2, 0) is 0 Å². The molecule has 82 valence electrons. The molecule has 0 radical (unpaired) electrons. The minimum Gasteiger partial charge on any atom is -0.452 e. The third-order valence-electron chi connectivity index (χ3n) is 2.77. The second-order valence-electron chi connectivity index (χ2n) is 4.02. The molecular formula is C12H8BrFO2. The monoisotopic (exact) mass is 282 g/mol. The fourth-order valence-corrected chi connectivity index (χ4v) is 2.15. The maximum atomic E-state index is 13.5. The molecule has 0 amide bonds. The molecule has 0 spiro atoms. The van der Waals surface area contributed by atoms with Crippen molar-refractivity contribution in [3.05, 3.63) is 34.2 Å². The summed E-state index contributed by atoms with van der Waals surface area (Å²) in [6, 6.07) is 4.43. The van der Waals surface area contributed by atoms with Crippen molar-refractivity contribution in [3.63, 3.8) is 0 Å². The number of carbonyl (C=O) groups excluding carboxylic acids is 1. The zero-order valence-corrected chi connectivity index (χ0v) is 9.88. The van der Waals surface area contributed by atoms with Crippen LogP contribution in [0.1, 0.15) is 23.4 Å². The smallest absolute Gasteiger partial charge is 0.201 e. The number of benzene rings is 1. The molecule has 1 aromatic heterocycles. The maximum absolute atomic E-state index is 13.5. The molecule has 0 aliphatic heterocycles. The van der Waals surface area contributed by atoms with Crippen LogP contribution >= 0.6 is 15.9 Å². The molecule has 0 unspecified atom stereocenters. The van der Waals surface area contributed by atoms with Crippen molar-refractivity contribution >= 4 is 32.7 Å². The van der Waals surface area contributed by atoms with Crippen molar-refractivity contribution in [2.24, 2.45) is 5.92 Å². The van der Waals surface area contributed by atoms with Gasteiger partial charge in [0.1, 0.15) is 5.82 Å². The maximum Gasteiger partial charge on any atom is 0.201 e. The van der Waals surface area contributed by atoms with Crippen LogP contribution in [0.15, 0.2) is 27.1 Å². The van der Waals surface area contributed by atoms with Gasteiger partial charge in [-0.25, -0.2) is 4.39 Å². The third kappa shape index (κ3) is 1.48. The highest BCUT2D eigenvalue weighted by molar-refractivity contribution is 9.10. The lowest BCUT2D eigenvalue weighted by Crippen LogP contribution is -1.98. The molecule has 1 aromatic carbocycles. The standard InChI is InChI=1S/C12H8BrFO2/c13-8-3-4-9(14)7-5-10(16-12(7)8)11(15)6-1-2-6/h3-6H,1-2H2. The van der Waals surface area contributed by atoms with E-state index in [0.29, 0.717) is 15.4 Å². The fraction of sp³-hybridized carbons (Fsp3) is 0.250. The highest BCUT2D eigenvalue weighted by Gasteiger charge is 2.32. The molecule has 1 fully saturated rings. The number of halogens is 2. The van der Waals surface area contributed by atoms with Crippen molar-refractivity contribution in [1.29, 1.82) is 0 Å². The van der Waals surface area contributed by atoms with Gasteiger partial charge in [-0.1, -0.05) is 0 Å². The first kappa shape index (κ1) is 10.0. The Morgan fingerprint density at radius 3 is 2.81 bits per heavy atom. The average molecular weight is 283 g/mol. The van der Waals surface area contributed by atoms with E-state index in [1.54, 1.807) is 6.07 Å². The second-order valence-corrected chi connectivity index (χ2v) is 4.88. The fourth-order valence-electron chi connectivity index (χ4n) is 1.73. The van der Waals surface area contributed by atoms with Gasteiger partial charge in [-0.2, -0.15) is 0 Å².